The van der Waals surface area contributed by atoms with Gasteiger partial charge in [0.25, 0.3) is 0 Å². The number of aryl methyl sites for hydroxylation is 2. The number of aromatic nitrogens is 5. The van der Waals surface area contributed by atoms with Gasteiger partial charge >= 0.3 is 0 Å². The van der Waals surface area contributed by atoms with E-state index in [2.05, 4.69) is 15.4 Å². The van der Waals surface area contributed by atoms with E-state index in [-0.39, 0.29) is 0 Å². The number of nitrogens with zero attached hydrogens (tertiary/aromatic N) is 5. The highest BCUT2D eigenvalue weighted by Gasteiger charge is 2.06. The molecule has 0 aliphatic carbocycles. The Morgan fingerprint density at radius 3 is 2.69 bits per heavy atom. The number of nitrogen functional groups attached to an aromatic ring is 1. The minimum absolute atomic E-state index is 0.529. The van der Waals surface area contributed by atoms with Gasteiger partial charge in [-0.3, -0.25) is 0 Å². The molecule has 0 radical (unpaired) electrons. The maximum atomic E-state index is 5.61. The molecule has 6 nitrogen and oxygen atoms in total. The number of nitrogens with two attached hydrogens (primary N) is 1. The summed E-state index contributed by atoms with van der Waals surface area (Å²) in [7, 11) is 1.80. The van der Waals surface area contributed by atoms with Crippen molar-refractivity contribution >= 4 is 5.82 Å². The summed E-state index contributed by atoms with van der Waals surface area (Å²) in [5.74, 6) is 1.32. The molecular weight excluding hydrogens is 168 g/mol. The number of hydrogen-bond acceptors (Lipinski definition) is 4. The molecule has 6 heteroatoms. The van der Waals surface area contributed by atoms with Gasteiger partial charge in [-0.15, -0.1) is 10.2 Å². The smallest absolute Gasteiger partial charge is 0.171 e. The summed E-state index contributed by atoms with van der Waals surface area (Å²) in [6.45, 7) is 1.91. The minimum atomic E-state index is 0.529. The third-order valence-electron chi connectivity index (χ3n) is 1.86. The lowest BCUT2D eigenvalue weighted by Crippen LogP contribution is -2.03. The first-order chi connectivity index (χ1) is 6.18. The van der Waals surface area contributed by atoms with E-state index < -0.39 is 0 Å². The second kappa shape index (κ2) is 2.58. The lowest BCUT2D eigenvalue weighted by atomic mass is 10.4. The Kier molecular flexibility index (Phi) is 1.54. The van der Waals surface area contributed by atoms with Crippen molar-refractivity contribution in [2.24, 2.45) is 7.05 Å². The molecule has 2 aromatic rings. The SMILES string of the molecule is Cc1cn(-c2cnnn2C)nc1N. The van der Waals surface area contributed by atoms with E-state index in [1.54, 1.807) is 22.6 Å². The van der Waals surface area contributed by atoms with Gasteiger partial charge in [0.1, 0.15) is 5.82 Å². The predicted octanol–water partition coefficient (Wildman–Crippen LogP) is -0.109. The van der Waals surface area contributed by atoms with Crippen molar-refractivity contribution in [2.75, 3.05) is 5.73 Å². The van der Waals surface area contributed by atoms with Crippen LogP contribution in [0.25, 0.3) is 5.82 Å². The number of anilines is 1. The summed E-state index contributed by atoms with van der Waals surface area (Å²) in [6, 6.07) is 0. The lowest BCUT2D eigenvalue weighted by Gasteiger charge is -1.97. The zero-order valence-corrected chi connectivity index (χ0v) is 7.47. The van der Waals surface area contributed by atoms with E-state index >= 15 is 0 Å². The molecule has 2 N–H and O–H groups in total. The molecule has 0 aliphatic heterocycles. The van der Waals surface area contributed by atoms with Gasteiger partial charge in [-0.2, -0.15) is 0 Å². The summed E-state index contributed by atoms with van der Waals surface area (Å²) in [5, 5.41) is 11.7. The van der Waals surface area contributed by atoms with Crippen LogP contribution in [0, 0.1) is 6.92 Å². The van der Waals surface area contributed by atoms with Gasteiger partial charge in [-0.25, -0.2) is 9.36 Å². The third kappa shape index (κ3) is 1.16. The van der Waals surface area contributed by atoms with Crippen molar-refractivity contribution in [3.05, 3.63) is 18.0 Å². The Morgan fingerprint density at radius 1 is 1.46 bits per heavy atom. The molecule has 0 saturated carbocycles. The van der Waals surface area contributed by atoms with Crippen molar-refractivity contribution in [2.45, 2.75) is 6.92 Å². The van der Waals surface area contributed by atoms with E-state index in [4.69, 9.17) is 5.73 Å². The first-order valence-electron chi connectivity index (χ1n) is 3.85. The van der Waals surface area contributed by atoms with Gasteiger partial charge in [-0.1, -0.05) is 5.21 Å². The average Bonchev–Trinajstić information content (AvgIpc) is 2.60. The molecule has 0 unspecified atom stereocenters. The third-order valence-corrected chi connectivity index (χ3v) is 1.86. The second-order valence-electron chi connectivity index (χ2n) is 2.86. The fourth-order valence-corrected chi connectivity index (χ4v) is 1.08. The van der Waals surface area contributed by atoms with Crippen LogP contribution in [0.1, 0.15) is 5.56 Å². The molecule has 0 saturated heterocycles. The molecule has 68 valence electrons. The van der Waals surface area contributed by atoms with Gasteiger partial charge in [0.05, 0.1) is 6.20 Å². The fourth-order valence-electron chi connectivity index (χ4n) is 1.08. The molecule has 13 heavy (non-hydrogen) atoms. The van der Waals surface area contributed by atoms with E-state index in [0.29, 0.717) is 5.82 Å². The van der Waals surface area contributed by atoms with Crippen LogP contribution in [0.5, 0.6) is 0 Å². The topological polar surface area (TPSA) is 74.5 Å². The molecule has 0 aliphatic rings. The van der Waals surface area contributed by atoms with E-state index in [1.807, 2.05) is 13.1 Å². The maximum Gasteiger partial charge on any atom is 0.171 e. The molecule has 0 fully saturated rings. The molecule has 2 rings (SSSR count). The maximum absolute atomic E-state index is 5.61. The molecule has 0 aromatic carbocycles. The van der Waals surface area contributed by atoms with Crippen LogP contribution in [0.2, 0.25) is 0 Å². The van der Waals surface area contributed by atoms with Crippen molar-refractivity contribution in [1.82, 2.24) is 24.8 Å². The van der Waals surface area contributed by atoms with Crippen molar-refractivity contribution in [3.63, 3.8) is 0 Å². The molecule has 0 amide bonds. The summed E-state index contributed by atoms with van der Waals surface area (Å²) >= 11 is 0. The van der Waals surface area contributed by atoms with Gasteiger partial charge < -0.3 is 5.73 Å². The van der Waals surface area contributed by atoms with E-state index in [9.17, 15) is 0 Å². The quantitative estimate of drug-likeness (QED) is 0.661. The standard InChI is InChI=1S/C7H10N6/c1-5-4-13(10-7(5)8)6-3-9-11-12(6)2/h3-4H,1-2H3,(H2,8,10). The van der Waals surface area contributed by atoms with Crippen molar-refractivity contribution < 1.29 is 0 Å². The van der Waals surface area contributed by atoms with Crippen molar-refractivity contribution in [3.8, 4) is 5.82 Å². The lowest BCUT2D eigenvalue weighted by molar-refractivity contribution is 0.672. The van der Waals surface area contributed by atoms with E-state index in [1.165, 1.54) is 0 Å². The summed E-state index contributed by atoms with van der Waals surface area (Å²) in [5.41, 5.74) is 6.56. The van der Waals surface area contributed by atoms with Gasteiger partial charge in [-0.05, 0) is 6.92 Å². The normalized spacial score (nSPS) is 10.6. The van der Waals surface area contributed by atoms with Crippen LogP contribution in [0.15, 0.2) is 12.4 Å². The van der Waals surface area contributed by atoms with Crippen LogP contribution in [0.3, 0.4) is 0 Å². The monoisotopic (exact) mass is 178 g/mol. The molecule has 2 aromatic heterocycles. The van der Waals surface area contributed by atoms with Crippen LogP contribution in [0.4, 0.5) is 5.82 Å². The molecule has 0 bridgehead atoms. The largest absolute Gasteiger partial charge is 0.382 e. The van der Waals surface area contributed by atoms with Crippen LogP contribution in [-0.4, -0.2) is 24.8 Å². The summed E-state index contributed by atoms with van der Waals surface area (Å²) in [4.78, 5) is 0. The van der Waals surface area contributed by atoms with Crippen LogP contribution >= 0.6 is 0 Å². The fraction of sp³-hybridized carbons (Fsp3) is 0.286. The highest BCUT2D eigenvalue weighted by Crippen LogP contribution is 2.10. The average molecular weight is 178 g/mol. The highest BCUT2D eigenvalue weighted by molar-refractivity contribution is 5.38. The second-order valence-corrected chi connectivity index (χ2v) is 2.86. The Hall–Kier alpha value is -1.85. The van der Waals surface area contributed by atoms with E-state index in [0.717, 1.165) is 11.4 Å². The van der Waals surface area contributed by atoms with Crippen LogP contribution in [-0.2, 0) is 7.05 Å². The number of rotatable bonds is 1. The molecule has 0 spiro atoms. The Labute approximate surface area is 75.0 Å². The molecule has 2 heterocycles. The Morgan fingerprint density at radius 2 is 2.23 bits per heavy atom. The predicted molar refractivity (Wildman–Crippen MR) is 47.3 cm³/mol. The Bertz CT molecular complexity index is 406. The summed E-state index contributed by atoms with van der Waals surface area (Å²) < 4.78 is 3.29. The van der Waals surface area contributed by atoms with Gasteiger partial charge in [0, 0.05) is 18.8 Å². The van der Waals surface area contributed by atoms with Gasteiger partial charge in [0.2, 0.25) is 0 Å². The first kappa shape index (κ1) is 7.78. The number of hydrogen-bond donors (Lipinski definition) is 1. The minimum Gasteiger partial charge on any atom is -0.382 e. The highest BCUT2D eigenvalue weighted by atomic mass is 15.5. The Balaban J connectivity index is 2.53. The first-order valence-corrected chi connectivity index (χ1v) is 3.85. The van der Waals surface area contributed by atoms with Crippen molar-refractivity contribution in [1.29, 1.82) is 0 Å². The van der Waals surface area contributed by atoms with Gasteiger partial charge in [0.15, 0.2) is 5.82 Å². The van der Waals surface area contributed by atoms with Crippen LogP contribution < -0.4 is 5.73 Å². The molecular formula is C7H10N6. The molecule has 0 atom stereocenters. The summed E-state index contributed by atoms with van der Waals surface area (Å²) in [6.07, 6.45) is 3.47. The zero-order valence-electron chi connectivity index (χ0n) is 7.47. The zero-order chi connectivity index (χ0) is 9.42.